The molecule has 116 valence electrons. The van der Waals surface area contributed by atoms with Crippen LogP contribution in [0.4, 0.5) is 5.82 Å². The van der Waals surface area contributed by atoms with Crippen LogP contribution in [-0.2, 0) is 12.1 Å². The van der Waals surface area contributed by atoms with Crippen molar-refractivity contribution in [3.8, 4) is 5.82 Å². The molecule has 22 heavy (non-hydrogen) atoms. The van der Waals surface area contributed by atoms with Crippen LogP contribution in [0, 0.1) is 5.41 Å². The first-order valence-electron chi connectivity index (χ1n) is 6.74. The molecule has 2 heterocycles. The van der Waals surface area contributed by atoms with Gasteiger partial charge in [0.25, 0.3) is 5.56 Å². The number of rotatable bonds is 5. The minimum atomic E-state index is -1.12. The van der Waals surface area contributed by atoms with Gasteiger partial charge in [0.2, 0.25) is 0 Å². The molecule has 2 aromatic heterocycles. The molecule has 0 saturated carbocycles. The molecule has 0 radical (unpaired) electrons. The molecular formula is C15H19N5O2. The fraction of sp³-hybridized carbons (Fsp3) is 0.267. The van der Waals surface area contributed by atoms with Crippen LogP contribution in [-0.4, -0.2) is 25.7 Å². The first-order valence-corrected chi connectivity index (χ1v) is 6.74. The SMILES string of the molecule is C=CCn1c(=O)c(C=N)c(N)n1-c1cccc(C(C)(C)O)n1. The van der Waals surface area contributed by atoms with Crippen molar-refractivity contribution < 1.29 is 5.11 Å². The molecule has 0 spiro atoms. The summed E-state index contributed by atoms with van der Waals surface area (Å²) in [5.74, 6) is 0.520. The summed E-state index contributed by atoms with van der Waals surface area (Å²) in [5, 5.41) is 17.4. The topological polar surface area (TPSA) is 110 Å². The van der Waals surface area contributed by atoms with Crippen LogP contribution in [0.15, 0.2) is 35.6 Å². The fourth-order valence-corrected chi connectivity index (χ4v) is 2.14. The third-order valence-electron chi connectivity index (χ3n) is 3.24. The van der Waals surface area contributed by atoms with Crippen molar-refractivity contribution in [1.29, 1.82) is 5.41 Å². The average molecular weight is 301 g/mol. The highest BCUT2D eigenvalue weighted by Crippen LogP contribution is 2.20. The average Bonchev–Trinajstić information content (AvgIpc) is 2.69. The maximum absolute atomic E-state index is 12.3. The van der Waals surface area contributed by atoms with E-state index in [1.165, 1.54) is 9.36 Å². The van der Waals surface area contributed by atoms with Gasteiger partial charge in [-0.1, -0.05) is 12.1 Å². The lowest BCUT2D eigenvalue weighted by molar-refractivity contribution is 0.0738. The van der Waals surface area contributed by atoms with E-state index in [4.69, 9.17) is 11.1 Å². The fourth-order valence-electron chi connectivity index (χ4n) is 2.14. The summed E-state index contributed by atoms with van der Waals surface area (Å²) in [5.41, 5.74) is 5.03. The molecule has 0 aliphatic rings. The Morgan fingerprint density at radius 2 is 2.18 bits per heavy atom. The van der Waals surface area contributed by atoms with Crippen molar-refractivity contribution in [3.63, 3.8) is 0 Å². The predicted octanol–water partition coefficient (Wildman–Crippen LogP) is 1.03. The van der Waals surface area contributed by atoms with Gasteiger partial charge in [0, 0.05) is 6.21 Å². The van der Waals surface area contributed by atoms with Crippen molar-refractivity contribution in [2.24, 2.45) is 0 Å². The molecular weight excluding hydrogens is 282 g/mol. The summed E-state index contributed by atoms with van der Waals surface area (Å²) in [4.78, 5) is 16.6. The largest absolute Gasteiger partial charge is 0.384 e. The van der Waals surface area contributed by atoms with E-state index in [1.54, 1.807) is 38.1 Å². The molecule has 7 heteroatoms. The molecule has 0 saturated heterocycles. The molecule has 7 nitrogen and oxygen atoms in total. The molecule has 0 aliphatic carbocycles. The molecule has 2 rings (SSSR count). The summed E-state index contributed by atoms with van der Waals surface area (Å²) in [6.07, 6.45) is 2.48. The quantitative estimate of drug-likeness (QED) is 0.566. The summed E-state index contributed by atoms with van der Waals surface area (Å²) < 4.78 is 2.78. The Hall–Kier alpha value is -2.67. The Labute approximate surface area is 127 Å². The first-order chi connectivity index (χ1) is 10.3. The van der Waals surface area contributed by atoms with E-state index in [-0.39, 0.29) is 23.5 Å². The third kappa shape index (κ3) is 2.58. The van der Waals surface area contributed by atoms with Crippen LogP contribution in [0.2, 0.25) is 0 Å². The van der Waals surface area contributed by atoms with Gasteiger partial charge >= 0.3 is 0 Å². The zero-order chi connectivity index (χ0) is 16.5. The molecule has 0 unspecified atom stereocenters. The van der Waals surface area contributed by atoms with Gasteiger partial charge in [-0.05, 0) is 26.0 Å². The van der Waals surface area contributed by atoms with Crippen LogP contribution in [0.5, 0.6) is 0 Å². The van der Waals surface area contributed by atoms with Gasteiger partial charge in [-0.25, -0.2) is 14.3 Å². The number of allylic oxidation sites excluding steroid dienone is 1. The number of aromatic nitrogens is 3. The molecule has 0 aromatic carbocycles. The van der Waals surface area contributed by atoms with Gasteiger partial charge in [-0.2, -0.15) is 0 Å². The van der Waals surface area contributed by atoms with Crippen LogP contribution < -0.4 is 11.3 Å². The normalized spacial score (nSPS) is 11.4. The second kappa shape index (κ2) is 5.61. The number of hydrogen-bond donors (Lipinski definition) is 3. The number of nitrogens with one attached hydrogen (secondary N) is 1. The van der Waals surface area contributed by atoms with Gasteiger partial charge in [0.15, 0.2) is 5.82 Å². The van der Waals surface area contributed by atoms with Crippen LogP contribution in [0.25, 0.3) is 5.82 Å². The molecule has 0 amide bonds. The van der Waals surface area contributed by atoms with Gasteiger partial charge in [0.1, 0.15) is 17.0 Å². The maximum atomic E-state index is 12.3. The third-order valence-corrected chi connectivity index (χ3v) is 3.24. The molecule has 0 atom stereocenters. The Kier molecular flexibility index (Phi) is 4.01. The Bertz CT molecular complexity index is 780. The van der Waals surface area contributed by atoms with E-state index in [0.717, 1.165) is 6.21 Å². The van der Waals surface area contributed by atoms with Crippen molar-refractivity contribution >= 4 is 12.0 Å². The number of anilines is 1. The lowest BCUT2D eigenvalue weighted by Gasteiger charge is -2.18. The van der Waals surface area contributed by atoms with Crippen molar-refractivity contribution in [1.82, 2.24) is 14.3 Å². The van der Waals surface area contributed by atoms with Crippen LogP contribution in [0.1, 0.15) is 25.1 Å². The minimum Gasteiger partial charge on any atom is -0.384 e. The predicted molar refractivity (Wildman–Crippen MR) is 85.6 cm³/mol. The van der Waals surface area contributed by atoms with Crippen molar-refractivity contribution in [3.05, 3.63) is 52.5 Å². The highest BCUT2D eigenvalue weighted by atomic mass is 16.3. The maximum Gasteiger partial charge on any atom is 0.278 e. The van der Waals surface area contributed by atoms with E-state index in [9.17, 15) is 9.90 Å². The smallest absolute Gasteiger partial charge is 0.278 e. The molecule has 0 fully saturated rings. The number of pyridine rings is 1. The van der Waals surface area contributed by atoms with Gasteiger partial charge in [-0.3, -0.25) is 4.79 Å². The first kappa shape index (κ1) is 15.7. The molecule has 4 N–H and O–H groups in total. The minimum absolute atomic E-state index is 0.0947. The van der Waals surface area contributed by atoms with Crippen molar-refractivity contribution in [2.45, 2.75) is 26.0 Å². The number of nitrogens with two attached hydrogens (primary N) is 1. The number of aliphatic hydroxyl groups is 1. The van der Waals surface area contributed by atoms with E-state index in [0.29, 0.717) is 11.5 Å². The van der Waals surface area contributed by atoms with E-state index in [2.05, 4.69) is 11.6 Å². The highest BCUT2D eigenvalue weighted by Gasteiger charge is 2.21. The second-order valence-electron chi connectivity index (χ2n) is 5.37. The van der Waals surface area contributed by atoms with E-state index < -0.39 is 5.60 Å². The zero-order valence-corrected chi connectivity index (χ0v) is 12.6. The Morgan fingerprint density at radius 3 is 2.73 bits per heavy atom. The summed E-state index contributed by atoms with van der Waals surface area (Å²) in [6.45, 7) is 7.10. The number of nitrogen functional groups attached to an aromatic ring is 1. The Morgan fingerprint density at radius 1 is 1.50 bits per heavy atom. The molecule has 2 aromatic rings. The zero-order valence-electron chi connectivity index (χ0n) is 12.6. The van der Waals surface area contributed by atoms with Crippen LogP contribution >= 0.6 is 0 Å². The van der Waals surface area contributed by atoms with Crippen molar-refractivity contribution in [2.75, 3.05) is 5.73 Å². The van der Waals surface area contributed by atoms with E-state index in [1.807, 2.05) is 0 Å². The van der Waals surface area contributed by atoms with Gasteiger partial charge < -0.3 is 16.2 Å². The summed E-state index contributed by atoms with van der Waals surface area (Å²) in [7, 11) is 0. The standard InChI is InChI=1S/C15H19N5O2/c1-4-8-19-14(21)10(9-16)13(17)20(19)12-7-5-6-11(18-12)15(2,3)22/h4-7,9,16,22H,1,8,17H2,2-3H3. The Balaban J connectivity index is 2.74. The molecule has 0 bridgehead atoms. The molecule has 0 aliphatic heterocycles. The lowest BCUT2D eigenvalue weighted by Crippen LogP contribution is -2.24. The summed E-state index contributed by atoms with van der Waals surface area (Å²) in [6, 6.07) is 5.09. The lowest BCUT2D eigenvalue weighted by atomic mass is 10.1. The number of nitrogens with zero attached hydrogens (tertiary/aromatic N) is 3. The van der Waals surface area contributed by atoms with Gasteiger partial charge in [-0.15, -0.1) is 6.58 Å². The van der Waals surface area contributed by atoms with Gasteiger partial charge in [0.05, 0.1) is 12.2 Å². The van der Waals surface area contributed by atoms with Crippen LogP contribution in [0.3, 0.4) is 0 Å². The number of hydrogen-bond acceptors (Lipinski definition) is 5. The monoisotopic (exact) mass is 301 g/mol. The highest BCUT2D eigenvalue weighted by molar-refractivity contribution is 5.83. The summed E-state index contributed by atoms with van der Waals surface area (Å²) >= 11 is 0. The van der Waals surface area contributed by atoms with E-state index >= 15 is 0 Å². The second-order valence-corrected chi connectivity index (χ2v) is 5.37.